The summed E-state index contributed by atoms with van der Waals surface area (Å²) >= 11 is 0. The molecule has 1 unspecified atom stereocenters. The summed E-state index contributed by atoms with van der Waals surface area (Å²) in [7, 11) is 0. The molecule has 1 amide bonds. The Morgan fingerprint density at radius 3 is 2.37 bits per heavy atom. The van der Waals surface area contributed by atoms with Crippen molar-refractivity contribution >= 4 is 30.7 Å². The van der Waals surface area contributed by atoms with E-state index >= 15 is 0 Å². The highest BCUT2D eigenvalue weighted by Gasteiger charge is 2.28. The van der Waals surface area contributed by atoms with Crippen molar-refractivity contribution in [3.63, 3.8) is 0 Å². The van der Waals surface area contributed by atoms with Gasteiger partial charge in [-0.1, -0.05) is 0 Å². The van der Waals surface area contributed by atoms with Gasteiger partial charge in [-0.2, -0.15) is 0 Å². The van der Waals surface area contributed by atoms with Crippen molar-refractivity contribution in [2.75, 3.05) is 32.8 Å². The van der Waals surface area contributed by atoms with E-state index in [0.29, 0.717) is 13.0 Å². The molecule has 0 saturated carbocycles. The van der Waals surface area contributed by atoms with Gasteiger partial charge < -0.3 is 15.8 Å². The Morgan fingerprint density at radius 1 is 1.37 bits per heavy atom. The number of nitrogens with one attached hydrogen (secondary N) is 1. The molecule has 1 saturated heterocycles. The molecular formula is C12H27Cl2N3O2. The van der Waals surface area contributed by atoms with E-state index in [1.54, 1.807) is 0 Å². The molecule has 5 nitrogen and oxygen atoms in total. The van der Waals surface area contributed by atoms with Crippen LogP contribution in [-0.2, 0) is 9.53 Å². The van der Waals surface area contributed by atoms with Gasteiger partial charge in [-0.25, -0.2) is 0 Å². The molecule has 1 aliphatic rings. The zero-order valence-electron chi connectivity index (χ0n) is 12.0. The second-order valence-corrected chi connectivity index (χ2v) is 5.37. The number of hydrogen-bond acceptors (Lipinski definition) is 4. The summed E-state index contributed by atoms with van der Waals surface area (Å²) in [4.78, 5) is 13.9. The average molecular weight is 316 g/mol. The third-order valence-electron chi connectivity index (χ3n) is 3.09. The monoisotopic (exact) mass is 315 g/mol. The maximum absolute atomic E-state index is 11.5. The Balaban J connectivity index is 0. The van der Waals surface area contributed by atoms with Crippen LogP contribution in [0.25, 0.3) is 0 Å². The van der Waals surface area contributed by atoms with E-state index in [9.17, 15) is 4.79 Å². The fourth-order valence-electron chi connectivity index (χ4n) is 1.96. The van der Waals surface area contributed by atoms with Crippen molar-refractivity contribution in [2.24, 2.45) is 5.73 Å². The fraction of sp³-hybridized carbons (Fsp3) is 0.917. The highest BCUT2D eigenvalue weighted by atomic mass is 35.5. The number of carbonyl (C=O) groups is 1. The fourth-order valence-corrected chi connectivity index (χ4v) is 1.96. The topological polar surface area (TPSA) is 67.6 Å². The van der Waals surface area contributed by atoms with Gasteiger partial charge in [0, 0.05) is 37.6 Å². The third-order valence-corrected chi connectivity index (χ3v) is 3.09. The summed E-state index contributed by atoms with van der Waals surface area (Å²) in [6.45, 7) is 10.2. The first-order valence-corrected chi connectivity index (χ1v) is 6.27. The van der Waals surface area contributed by atoms with Crippen LogP contribution in [0.15, 0.2) is 0 Å². The zero-order chi connectivity index (χ0) is 12.9. The third kappa shape index (κ3) is 7.95. The molecule has 1 heterocycles. The first-order valence-electron chi connectivity index (χ1n) is 6.27. The maximum atomic E-state index is 11.5. The average Bonchev–Trinajstić information content (AvgIpc) is 2.27. The number of nitrogens with two attached hydrogens (primary N) is 1. The van der Waals surface area contributed by atoms with Crippen LogP contribution >= 0.6 is 24.8 Å². The molecule has 1 fully saturated rings. The summed E-state index contributed by atoms with van der Waals surface area (Å²) in [6, 6.07) is -0.0819. The lowest BCUT2D eigenvalue weighted by Crippen LogP contribution is -2.55. The molecule has 7 heteroatoms. The standard InChI is InChI=1S/C12H25N3O2.2ClH/c1-10(13)8-11(16)14-9-12(2,3)15-4-6-17-7-5-15;;/h10H,4-9,13H2,1-3H3,(H,14,16);2*1H. The molecule has 1 atom stereocenters. The molecule has 3 N–H and O–H groups in total. The molecule has 0 aliphatic carbocycles. The number of amides is 1. The molecule has 0 radical (unpaired) electrons. The van der Waals surface area contributed by atoms with Gasteiger partial charge in [0.05, 0.1) is 13.2 Å². The summed E-state index contributed by atoms with van der Waals surface area (Å²) in [6.07, 6.45) is 0.388. The van der Waals surface area contributed by atoms with Crippen molar-refractivity contribution in [3.8, 4) is 0 Å². The number of rotatable bonds is 5. The molecular weight excluding hydrogens is 289 g/mol. The summed E-state index contributed by atoms with van der Waals surface area (Å²) in [5.74, 6) is 0.0290. The number of morpholine rings is 1. The quantitative estimate of drug-likeness (QED) is 0.787. The van der Waals surface area contributed by atoms with E-state index in [1.807, 2.05) is 6.92 Å². The van der Waals surface area contributed by atoms with Gasteiger partial charge in [0.1, 0.15) is 0 Å². The minimum atomic E-state index is -0.0819. The second-order valence-electron chi connectivity index (χ2n) is 5.37. The lowest BCUT2D eigenvalue weighted by molar-refractivity contribution is -0.122. The van der Waals surface area contributed by atoms with Gasteiger partial charge in [-0.15, -0.1) is 24.8 Å². The predicted molar refractivity (Wildman–Crippen MR) is 82.2 cm³/mol. The van der Waals surface area contributed by atoms with Crippen molar-refractivity contribution in [2.45, 2.75) is 38.8 Å². The van der Waals surface area contributed by atoms with Crippen LogP contribution in [0.3, 0.4) is 0 Å². The maximum Gasteiger partial charge on any atom is 0.221 e. The number of nitrogens with zero attached hydrogens (tertiary/aromatic N) is 1. The van der Waals surface area contributed by atoms with Crippen molar-refractivity contribution < 1.29 is 9.53 Å². The van der Waals surface area contributed by atoms with Crippen LogP contribution in [0, 0.1) is 0 Å². The van der Waals surface area contributed by atoms with Gasteiger partial charge in [-0.3, -0.25) is 9.69 Å². The van der Waals surface area contributed by atoms with Crippen LogP contribution < -0.4 is 11.1 Å². The second kappa shape index (κ2) is 9.77. The Bertz CT molecular complexity index is 257. The van der Waals surface area contributed by atoms with E-state index < -0.39 is 0 Å². The van der Waals surface area contributed by atoms with E-state index in [4.69, 9.17) is 10.5 Å². The summed E-state index contributed by atoms with van der Waals surface area (Å²) in [5, 5.41) is 2.95. The summed E-state index contributed by atoms with van der Waals surface area (Å²) < 4.78 is 5.33. The van der Waals surface area contributed by atoms with Crippen molar-refractivity contribution in [3.05, 3.63) is 0 Å². The SMILES string of the molecule is CC(N)CC(=O)NCC(C)(C)N1CCOCC1.Cl.Cl. The van der Waals surface area contributed by atoms with E-state index in [0.717, 1.165) is 26.3 Å². The van der Waals surface area contributed by atoms with Gasteiger partial charge in [0.15, 0.2) is 0 Å². The molecule has 0 spiro atoms. The van der Waals surface area contributed by atoms with Crippen LogP contribution in [0.5, 0.6) is 0 Å². The van der Waals surface area contributed by atoms with E-state index in [1.165, 1.54) is 0 Å². The molecule has 19 heavy (non-hydrogen) atoms. The summed E-state index contributed by atoms with van der Waals surface area (Å²) in [5.41, 5.74) is 5.56. The first-order chi connectivity index (χ1) is 7.92. The first kappa shape index (κ1) is 21.2. The normalized spacial score (nSPS) is 17.9. The predicted octanol–water partition coefficient (Wildman–Crippen LogP) is 0.794. The number of halogens is 2. The van der Waals surface area contributed by atoms with Crippen molar-refractivity contribution in [1.82, 2.24) is 10.2 Å². The van der Waals surface area contributed by atoms with E-state index in [-0.39, 0.29) is 42.3 Å². The van der Waals surface area contributed by atoms with Crippen LogP contribution in [-0.4, -0.2) is 55.2 Å². The highest BCUT2D eigenvalue weighted by Crippen LogP contribution is 2.15. The van der Waals surface area contributed by atoms with Gasteiger partial charge >= 0.3 is 0 Å². The van der Waals surface area contributed by atoms with Gasteiger partial charge in [-0.05, 0) is 20.8 Å². The molecule has 1 rings (SSSR count). The molecule has 1 aliphatic heterocycles. The Labute approximate surface area is 128 Å². The molecule has 0 aromatic rings. The van der Waals surface area contributed by atoms with Gasteiger partial charge in [0.25, 0.3) is 0 Å². The lowest BCUT2D eigenvalue weighted by Gasteiger charge is -2.40. The largest absolute Gasteiger partial charge is 0.379 e. The van der Waals surface area contributed by atoms with Gasteiger partial charge in [0.2, 0.25) is 5.91 Å². The number of ether oxygens (including phenoxy) is 1. The lowest BCUT2D eigenvalue weighted by atomic mass is 10.0. The Kier molecular flexibility index (Phi) is 10.9. The molecule has 116 valence electrons. The van der Waals surface area contributed by atoms with Crippen LogP contribution in [0.4, 0.5) is 0 Å². The smallest absolute Gasteiger partial charge is 0.221 e. The zero-order valence-corrected chi connectivity index (χ0v) is 13.6. The van der Waals surface area contributed by atoms with Crippen molar-refractivity contribution in [1.29, 1.82) is 0 Å². The minimum Gasteiger partial charge on any atom is -0.379 e. The van der Waals surface area contributed by atoms with E-state index in [2.05, 4.69) is 24.1 Å². The molecule has 0 aromatic carbocycles. The van der Waals surface area contributed by atoms with Crippen LogP contribution in [0.2, 0.25) is 0 Å². The molecule has 0 bridgehead atoms. The Hall–Kier alpha value is -0.0700. The number of carbonyl (C=O) groups excluding carboxylic acids is 1. The highest BCUT2D eigenvalue weighted by molar-refractivity contribution is 5.85. The Morgan fingerprint density at radius 2 is 1.89 bits per heavy atom. The minimum absolute atomic E-state index is 0. The molecule has 0 aromatic heterocycles. The number of hydrogen-bond donors (Lipinski definition) is 2. The van der Waals surface area contributed by atoms with Crippen LogP contribution in [0.1, 0.15) is 27.2 Å².